The minimum absolute atomic E-state index is 0.0715. The van der Waals surface area contributed by atoms with Gasteiger partial charge in [-0.1, -0.05) is 12.0 Å². The van der Waals surface area contributed by atoms with E-state index in [9.17, 15) is 9.50 Å². The summed E-state index contributed by atoms with van der Waals surface area (Å²) in [5.74, 6) is 5.92. The molecule has 0 fully saturated rings. The van der Waals surface area contributed by atoms with Crippen LogP contribution in [-0.4, -0.2) is 49.2 Å². The maximum atomic E-state index is 13.9. The summed E-state index contributed by atoms with van der Waals surface area (Å²) >= 11 is 0. The van der Waals surface area contributed by atoms with E-state index >= 15 is 0 Å². The van der Waals surface area contributed by atoms with Crippen LogP contribution in [0.3, 0.4) is 0 Å². The fourth-order valence-electron chi connectivity index (χ4n) is 3.58. The monoisotopic (exact) mass is 495 g/mol. The summed E-state index contributed by atoms with van der Waals surface area (Å²) in [5.41, 5.74) is 12.8. The van der Waals surface area contributed by atoms with Gasteiger partial charge in [0, 0.05) is 19.2 Å². The first-order valence-electron chi connectivity index (χ1n) is 11.1. The van der Waals surface area contributed by atoms with Gasteiger partial charge in [-0.15, -0.1) is 0 Å². The molecule has 1 atom stereocenters. The second kappa shape index (κ2) is 9.80. The Bertz CT molecular complexity index is 1460. The Kier molecular flexibility index (Phi) is 6.78. The number of hydrogen-bond acceptors (Lipinski definition) is 10. The van der Waals surface area contributed by atoms with E-state index in [1.165, 1.54) is 19.2 Å². The van der Waals surface area contributed by atoms with Crippen LogP contribution in [-0.2, 0) is 6.54 Å². The Morgan fingerprint density at radius 2 is 2.03 bits per heavy atom. The van der Waals surface area contributed by atoms with Crippen LogP contribution in [0, 0.1) is 17.7 Å². The topological polar surface area (TPSA) is 160 Å². The van der Waals surface area contributed by atoms with Crippen LogP contribution in [0.5, 0.6) is 11.6 Å². The molecule has 1 aromatic carbocycles. The summed E-state index contributed by atoms with van der Waals surface area (Å²) in [6.07, 6.45) is -0.660. The third-order valence-corrected chi connectivity index (χ3v) is 5.27. The van der Waals surface area contributed by atoms with Gasteiger partial charge in [-0.25, -0.2) is 19.0 Å². The molecular weight excluding hydrogens is 469 g/mol. The van der Waals surface area contributed by atoms with Gasteiger partial charge in [0.15, 0.2) is 28.9 Å². The number of aliphatic hydroxyl groups is 1. The predicted octanol–water partition coefficient (Wildman–Crippen LogP) is 2.43. The number of anilines is 1. The molecule has 36 heavy (non-hydrogen) atoms. The molecule has 0 radical (unpaired) electrons. The number of aryl methyl sites for hydroxylation is 1. The Labute approximate surface area is 206 Å². The summed E-state index contributed by atoms with van der Waals surface area (Å²) in [7, 11) is 1.38. The maximum absolute atomic E-state index is 13.9. The largest absolute Gasteiger partial charge is 0.494 e. The number of halogens is 1. The Morgan fingerprint density at radius 1 is 1.25 bits per heavy atom. The van der Waals surface area contributed by atoms with Crippen LogP contribution in [0.25, 0.3) is 22.6 Å². The maximum Gasteiger partial charge on any atom is 0.217 e. The van der Waals surface area contributed by atoms with Gasteiger partial charge < -0.3 is 30.6 Å². The van der Waals surface area contributed by atoms with Crippen molar-refractivity contribution in [1.82, 2.24) is 24.8 Å². The van der Waals surface area contributed by atoms with Gasteiger partial charge in [0.05, 0.1) is 12.6 Å². The highest BCUT2D eigenvalue weighted by atomic mass is 19.1. The lowest BCUT2D eigenvalue weighted by Crippen LogP contribution is -2.19. The van der Waals surface area contributed by atoms with E-state index in [4.69, 9.17) is 25.6 Å². The van der Waals surface area contributed by atoms with Crippen molar-refractivity contribution in [3.63, 3.8) is 0 Å². The number of hydrogen-bond donors (Lipinski definition) is 3. The smallest absolute Gasteiger partial charge is 0.217 e. The molecule has 188 valence electrons. The number of ether oxygens (including phenoxy) is 2. The average Bonchev–Trinajstić information content (AvgIpc) is 3.43. The number of nitrogen functional groups attached to an aromatic ring is 1. The number of methoxy groups -OCH3 is 1. The van der Waals surface area contributed by atoms with Gasteiger partial charge in [-0.2, -0.15) is 0 Å². The molecule has 0 aliphatic heterocycles. The first-order valence-corrected chi connectivity index (χ1v) is 11.1. The zero-order chi connectivity index (χ0) is 26.0. The molecule has 0 saturated heterocycles. The third kappa shape index (κ3) is 4.93. The van der Waals surface area contributed by atoms with Gasteiger partial charge in [0.25, 0.3) is 0 Å². The van der Waals surface area contributed by atoms with E-state index in [1.54, 1.807) is 26.0 Å². The van der Waals surface area contributed by atoms with Crippen LogP contribution in [0.2, 0.25) is 0 Å². The second-order valence-electron chi connectivity index (χ2n) is 8.40. The summed E-state index contributed by atoms with van der Waals surface area (Å²) < 4.78 is 31.7. The Balaban J connectivity index is 1.87. The van der Waals surface area contributed by atoms with Gasteiger partial charge in [0.1, 0.15) is 22.9 Å². The standard InChI is InChI=1S/C24H26FN7O4/c1-5-32-16-11-19(35-18(12-26)13-6-7-14(25)17(10-13)34-4)28-15(8-9-24(2,3)33)20(16)29-23(32)21-22(27)31-36-30-21/h6-7,10-11,18,33H,5,12,26H2,1-4H3,(H2,27,31). The lowest BCUT2D eigenvalue weighted by atomic mass is 10.1. The number of aromatic nitrogens is 5. The number of rotatable bonds is 7. The summed E-state index contributed by atoms with van der Waals surface area (Å²) in [6.45, 7) is 5.61. The van der Waals surface area contributed by atoms with Gasteiger partial charge in [0.2, 0.25) is 5.88 Å². The average molecular weight is 496 g/mol. The van der Waals surface area contributed by atoms with Crippen LogP contribution in [0.15, 0.2) is 28.9 Å². The zero-order valence-corrected chi connectivity index (χ0v) is 20.2. The number of nitrogens with zero attached hydrogens (tertiary/aromatic N) is 5. The molecule has 3 heterocycles. The van der Waals surface area contributed by atoms with E-state index < -0.39 is 17.5 Å². The molecule has 0 aliphatic carbocycles. The highest BCUT2D eigenvalue weighted by molar-refractivity contribution is 5.86. The predicted molar refractivity (Wildman–Crippen MR) is 129 cm³/mol. The van der Waals surface area contributed by atoms with E-state index in [2.05, 4.69) is 32.1 Å². The number of nitrogens with two attached hydrogens (primary N) is 2. The van der Waals surface area contributed by atoms with Gasteiger partial charge in [-0.05, 0) is 54.7 Å². The van der Waals surface area contributed by atoms with Crippen molar-refractivity contribution in [3.8, 4) is 35.0 Å². The highest BCUT2D eigenvalue weighted by Gasteiger charge is 2.23. The number of pyridine rings is 1. The molecule has 4 aromatic rings. The van der Waals surface area contributed by atoms with Crippen molar-refractivity contribution >= 4 is 16.9 Å². The Hall–Kier alpha value is -4.21. The summed E-state index contributed by atoms with van der Waals surface area (Å²) in [4.78, 5) is 9.19. The molecular formula is C24H26FN7O4. The normalized spacial score (nSPS) is 12.3. The fourth-order valence-corrected chi connectivity index (χ4v) is 3.58. The van der Waals surface area contributed by atoms with Crippen LogP contribution in [0.4, 0.5) is 10.2 Å². The molecule has 0 saturated carbocycles. The zero-order valence-electron chi connectivity index (χ0n) is 20.2. The molecule has 5 N–H and O–H groups in total. The summed E-state index contributed by atoms with van der Waals surface area (Å²) in [6, 6.07) is 6.07. The van der Waals surface area contributed by atoms with Crippen molar-refractivity contribution in [3.05, 3.63) is 41.3 Å². The van der Waals surface area contributed by atoms with Crippen LogP contribution in [0.1, 0.15) is 38.1 Å². The molecule has 12 heteroatoms. The van der Waals surface area contributed by atoms with Crippen molar-refractivity contribution < 1.29 is 23.6 Å². The van der Waals surface area contributed by atoms with Crippen molar-refractivity contribution in [2.24, 2.45) is 5.73 Å². The first kappa shape index (κ1) is 24.9. The van der Waals surface area contributed by atoms with Crippen molar-refractivity contribution in [2.75, 3.05) is 19.4 Å². The lowest BCUT2D eigenvalue weighted by Gasteiger charge is -2.18. The Morgan fingerprint density at radius 3 is 2.64 bits per heavy atom. The number of imidazole rings is 1. The highest BCUT2D eigenvalue weighted by Crippen LogP contribution is 2.32. The van der Waals surface area contributed by atoms with E-state index in [0.717, 1.165) is 0 Å². The van der Waals surface area contributed by atoms with E-state index in [1.807, 2.05) is 11.5 Å². The quantitative estimate of drug-likeness (QED) is 0.325. The fraction of sp³-hybridized carbons (Fsp3) is 0.333. The van der Waals surface area contributed by atoms with Gasteiger partial charge >= 0.3 is 0 Å². The molecule has 0 amide bonds. The SMILES string of the molecule is CCn1c(-c2nonc2N)nc2c(C#CC(C)(C)O)nc(OC(CN)c3ccc(F)c(OC)c3)cc21. The molecule has 11 nitrogen and oxygen atoms in total. The second-order valence-corrected chi connectivity index (χ2v) is 8.40. The molecule has 0 spiro atoms. The van der Waals surface area contributed by atoms with E-state index in [-0.39, 0.29) is 35.4 Å². The molecule has 3 aromatic heterocycles. The van der Waals surface area contributed by atoms with Crippen molar-refractivity contribution in [2.45, 2.75) is 39.0 Å². The minimum Gasteiger partial charge on any atom is -0.494 e. The third-order valence-electron chi connectivity index (χ3n) is 5.27. The molecule has 1 unspecified atom stereocenters. The minimum atomic E-state index is -1.27. The lowest BCUT2D eigenvalue weighted by molar-refractivity contribution is 0.143. The summed E-state index contributed by atoms with van der Waals surface area (Å²) in [5, 5.41) is 17.7. The first-order chi connectivity index (χ1) is 17.1. The molecule has 0 aliphatic rings. The van der Waals surface area contributed by atoms with Crippen molar-refractivity contribution in [1.29, 1.82) is 0 Å². The van der Waals surface area contributed by atoms with Crippen LogP contribution < -0.4 is 20.9 Å². The van der Waals surface area contributed by atoms with Crippen LogP contribution >= 0.6 is 0 Å². The molecule has 4 rings (SSSR count). The van der Waals surface area contributed by atoms with E-state index in [0.29, 0.717) is 29.0 Å². The number of fused-ring (bicyclic) bond motifs is 1. The number of benzene rings is 1. The molecule has 0 bridgehead atoms. The van der Waals surface area contributed by atoms with Gasteiger partial charge in [-0.3, -0.25) is 0 Å².